The van der Waals surface area contributed by atoms with Gasteiger partial charge >= 0.3 is 0 Å². The Morgan fingerprint density at radius 3 is 2.62 bits per heavy atom. The number of rotatable bonds is 6. The molecule has 0 aliphatic carbocycles. The fourth-order valence-corrected chi connectivity index (χ4v) is 4.61. The zero-order chi connectivity index (χ0) is 17.2. The minimum Gasteiger partial charge on any atom is -0.356 e. The quantitative estimate of drug-likeness (QED) is 0.702. The Morgan fingerprint density at radius 1 is 1.21 bits per heavy atom. The van der Waals surface area contributed by atoms with Crippen LogP contribution in [0.2, 0.25) is 5.02 Å². The zero-order valence-electron chi connectivity index (χ0n) is 12.8. The lowest BCUT2D eigenvalue weighted by molar-refractivity contribution is 0.423. The summed E-state index contributed by atoms with van der Waals surface area (Å²) in [7, 11) is -3.46. The number of nitrogens with zero attached hydrogens (tertiary/aromatic N) is 1. The van der Waals surface area contributed by atoms with E-state index < -0.39 is 10.0 Å². The topological polar surface area (TPSA) is 72.2 Å². The molecule has 0 amide bonds. The molecule has 8 heteroatoms. The van der Waals surface area contributed by atoms with E-state index in [-0.39, 0.29) is 6.54 Å². The van der Waals surface area contributed by atoms with Crippen molar-refractivity contribution in [3.63, 3.8) is 0 Å². The molecule has 0 fully saturated rings. The van der Waals surface area contributed by atoms with E-state index in [9.17, 15) is 8.42 Å². The van der Waals surface area contributed by atoms with Gasteiger partial charge in [-0.25, -0.2) is 13.1 Å². The number of nitrogens with one attached hydrogen (secondary N) is 1. The third kappa shape index (κ3) is 4.05. The molecule has 0 saturated heterocycles. The minimum absolute atomic E-state index is 0.256. The van der Waals surface area contributed by atoms with Crippen LogP contribution in [0, 0.1) is 6.92 Å². The molecule has 0 aliphatic rings. The highest BCUT2D eigenvalue weighted by atomic mass is 35.5. The SMILES string of the molecule is Cc1ccc(S(=O)(=O)NCCc2cc(-c3ccc(Cl)cc3)on2)s1. The number of sulfonamides is 1. The van der Waals surface area contributed by atoms with Gasteiger partial charge in [0.2, 0.25) is 10.0 Å². The van der Waals surface area contributed by atoms with Crippen molar-refractivity contribution < 1.29 is 12.9 Å². The zero-order valence-corrected chi connectivity index (χ0v) is 15.2. The first-order chi connectivity index (χ1) is 11.4. The van der Waals surface area contributed by atoms with E-state index in [0.29, 0.717) is 27.1 Å². The molecule has 0 saturated carbocycles. The Morgan fingerprint density at radius 2 is 1.96 bits per heavy atom. The van der Waals surface area contributed by atoms with Gasteiger partial charge in [0.1, 0.15) is 4.21 Å². The number of hydrogen-bond donors (Lipinski definition) is 1. The van der Waals surface area contributed by atoms with Crippen LogP contribution < -0.4 is 4.72 Å². The maximum absolute atomic E-state index is 12.1. The number of hydrogen-bond acceptors (Lipinski definition) is 5. The van der Waals surface area contributed by atoms with Crippen molar-refractivity contribution in [3.05, 3.63) is 58.1 Å². The Balaban J connectivity index is 1.61. The Kier molecular flexibility index (Phi) is 5.05. The summed E-state index contributed by atoms with van der Waals surface area (Å²) in [6.07, 6.45) is 0.445. The molecular formula is C16H15ClN2O3S2. The van der Waals surface area contributed by atoms with Gasteiger partial charge in [-0.15, -0.1) is 11.3 Å². The highest BCUT2D eigenvalue weighted by Gasteiger charge is 2.16. The van der Waals surface area contributed by atoms with Crippen molar-refractivity contribution in [2.75, 3.05) is 6.54 Å². The molecule has 1 aromatic carbocycles. The molecule has 2 aromatic heterocycles. The first kappa shape index (κ1) is 17.2. The molecular weight excluding hydrogens is 368 g/mol. The van der Waals surface area contributed by atoms with Gasteiger partial charge in [0.15, 0.2) is 5.76 Å². The number of aryl methyl sites for hydroxylation is 1. The smallest absolute Gasteiger partial charge is 0.250 e. The third-order valence-corrected chi connectivity index (χ3v) is 6.55. The van der Waals surface area contributed by atoms with Crippen LogP contribution in [0.3, 0.4) is 0 Å². The summed E-state index contributed by atoms with van der Waals surface area (Å²) in [5.41, 5.74) is 1.55. The van der Waals surface area contributed by atoms with Crippen molar-refractivity contribution in [3.8, 4) is 11.3 Å². The van der Waals surface area contributed by atoms with E-state index in [0.717, 1.165) is 10.4 Å². The number of thiophene rings is 1. The lowest BCUT2D eigenvalue weighted by atomic mass is 10.1. The van der Waals surface area contributed by atoms with Crippen LogP contribution in [0.25, 0.3) is 11.3 Å². The number of benzene rings is 1. The normalized spacial score (nSPS) is 11.8. The second-order valence-electron chi connectivity index (χ2n) is 5.20. The van der Waals surface area contributed by atoms with Crippen molar-refractivity contribution >= 4 is 33.0 Å². The van der Waals surface area contributed by atoms with Gasteiger partial charge in [-0.1, -0.05) is 16.8 Å². The number of aromatic nitrogens is 1. The predicted molar refractivity (Wildman–Crippen MR) is 94.9 cm³/mol. The number of halogens is 1. The fraction of sp³-hybridized carbons (Fsp3) is 0.188. The summed E-state index contributed by atoms with van der Waals surface area (Å²) >= 11 is 7.11. The first-order valence-corrected chi connectivity index (χ1v) is 9.89. The summed E-state index contributed by atoms with van der Waals surface area (Å²) in [5, 5.41) is 4.62. The average molecular weight is 383 g/mol. The molecule has 0 bridgehead atoms. The van der Waals surface area contributed by atoms with Crippen LogP contribution in [-0.2, 0) is 16.4 Å². The third-order valence-electron chi connectivity index (χ3n) is 3.34. The fourth-order valence-electron chi connectivity index (χ4n) is 2.12. The maximum Gasteiger partial charge on any atom is 0.250 e. The molecule has 5 nitrogen and oxygen atoms in total. The van der Waals surface area contributed by atoms with E-state index in [2.05, 4.69) is 9.88 Å². The van der Waals surface area contributed by atoms with Gasteiger partial charge in [-0.2, -0.15) is 0 Å². The molecule has 3 rings (SSSR count). The standard InChI is InChI=1S/C16H15ClN2O3S2/c1-11-2-7-16(23-11)24(20,21)18-9-8-14-10-15(22-19-14)12-3-5-13(17)6-4-12/h2-7,10,18H,8-9H2,1H3. The Bertz CT molecular complexity index is 930. The van der Waals surface area contributed by atoms with Gasteiger partial charge in [-0.05, 0) is 43.3 Å². The van der Waals surface area contributed by atoms with Crippen LogP contribution in [0.5, 0.6) is 0 Å². The molecule has 24 heavy (non-hydrogen) atoms. The molecule has 0 unspecified atom stereocenters. The first-order valence-electron chi connectivity index (χ1n) is 7.22. The highest BCUT2D eigenvalue weighted by Crippen LogP contribution is 2.23. The molecule has 3 aromatic rings. The molecule has 0 aliphatic heterocycles. The van der Waals surface area contributed by atoms with Crippen molar-refractivity contribution in [2.45, 2.75) is 17.6 Å². The van der Waals surface area contributed by atoms with Gasteiger partial charge in [0.05, 0.1) is 5.69 Å². The predicted octanol–water partition coefficient (Wildman–Crippen LogP) is 3.89. The van der Waals surface area contributed by atoms with Crippen molar-refractivity contribution in [1.82, 2.24) is 9.88 Å². The lowest BCUT2D eigenvalue weighted by Crippen LogP contribution is -2.25. The Hall–Kier alpha value is -1.67. The van der Waals surface area contributed by atoms with Crippen LogP contribution in [0.4, 0.5) is 0 Å². The minimum atomic E-state index is -3.46. The molecule has 2 heterocycles. The van der Waals surface area contributed by atoms with Gasteiger partial charge in [0, 0.05) is 34.5 Å². The van der Waals surface area contributed by atoms with Gasteiger partial charge < -0.3 is 4.52 Å². The molecule has 126 valence electrons. The Labute approximate surface area is 149 Å². The van der Waals surface area contributed by atoms with Gasteiger partial charge in [-0.3, -0.25) is 0 Å². The van der Waals surface area contributed by atoms with Crippen molar-refractivity contribution in [2.24, 2.45) is 0 Å². The summed E-state index contributed by atoms with van der Waals surface area (Å²) in [5.74, 6) is 0.624. The van der Waals surface area contributed by atoms with Crippen LogP contribution in [0.1, 0.15) is 10.6 Å². The largest absolute Gasteiger partial charge is 0.356 e. The monoisotopic (exact) mass is 382 g/mol. The van der Waals surface area contributed by atoms with Crippen molar-refractivity contribution in [1.29, 1.82) is 0 Å². The van der Waals surface area contributed by atoms with E-state index >= 15 is 0 Å². The molecule has 0 radical (unpaired) electrons. The van der Waals surface area contributed by atoms with E-state index in [1.54, 1.807) is 30.3 Å². The average Bonchev–Trinajstić information content (AvgIpc) is 3.17. The lowest BCUT2D eigenvalue weighted by Gasteiger charge is -2.02. The molecule has 1 N–H and O–H groups in total. The van der Waals surface area contributed by atoms with E-state index in [4.69, 9.17) is 16.1 Å². The maximum atomic E-state index is 12.1. The summed E-state index contributed by atoms with van der Waals surface area (Å²) in [6, 6.07) is 12.4. The summed E-state index contributed by atoms with van der Waals surface area (Å²) < 4.78 is 32.5. The van der Waals surface area contributed by atoms with Crippen LogP contribution in [0.15, 0.2) is 51.2 Å². The summed E-state index contributed by atoms with van der Waals surface area (Å²) in [6.45, 7) is 2.13. The van der Waals surface area contributed by atoms with E-state index in [1.165, 1.54) is 11.3 Å². The second-order valence-corrected chi connectivity index (χ2v) is 8.92. The van der Waals surface area contributed by atoms with E-state index in [1.807, 2.05) is 19.1 Å². The van der Waals surface area contributed by atoms with Crippen LogP contribution in [-0.4, -0.2) is 20.1 Å². The molecule has 0 atom stereocenters. The van der Waals surface area contributed by atoms with Crippen LogP contribution >= 0.6 is 22.9 Å². The van der Waals surface area contributed by atoms with Gasteiger partial charge in [0.25, 0.3) is 0 Å². The second kappa shape index (κ2) is 7.06. The molecule has 0 spiro atoms. The highest BCUT2D eigenvalue weighted by molar-refractivity contribution is 7.91. The summed E-state index contributed by atoms with van der Waals surface area (Å²) in [4.78, 5) is 0.958.